The zero-order valence-corrected chi connectivity index (χ0v) is 17.8. The van der Waals surface area contributed by atoms with Crippen LogP contribution in [0, 0.1) is 13.8 Å². The lowest BCUT2D eigenvalue weighted by Gasteiger charge is -2.10. The quantitative estimate of drug-likeness (QED) is 0.318. The molecule has 0 aliphatic carbocycles. The highest BCUT2D eigenvalue weighted by Crippen LogP contribution is 2.35. The maximum Gasteiger partial charge on any atom is 0.277 e. The molecular weight excluding hydrogens is 414 g/mol. The van der Waals surface area contributed by atoms with Crippen LogP contribution in [0.5, 0.6) is 11.5 Å². The molecule has 0 N–H and O–H groups in total. The van der Waals surface area contributed by atoms with Gasteiger partial charge in [0.15, 0.2) is 17.3 Å². The number of hydrogen-bond donors (Lipinski definition) is 0. The molecule has 5 rings (SSSR count). The molecule has 7 nitrogen and oxygen atoms in total. The molecule has 0 spiro atoms. The van der Waals surface area contributed by atoms with Gasteiger partial charge in [-0.3, -0.25) is 4.79 Å². The van der Waals surface area contributed by atoms with E-state index in [-0.39, 0.29) is 18.3 Å². The predicted molar refractivity (Wildman–Crippen MR) is 116 cm³/mol. The lowest BCUT2D eigenvalue weighted by Crippen LogP contribution is -2.05. The molecule has 0 amide bonds. The molecule has 0 saturated carbocycles. The zero-order chi connectivity index (χ0) is 21.4. The van der Waals surface area contributed by atoms with Crippen LogP contribution in [-0.2, 0) is 0 Å². The Morgan fingerprint density at radius 2 is 1.84 bits per heavy atom. The van der Waals surface area contributed by atoms with E-state index in [4.69, 9.17) is 13.9 Å². The van der Waals surface area contributed by atoms with E-state index in [1.54, 1.807) is 0 Å². The van der Waals surface area contributed by atoms with Crippen molar-refractivity contribution in [3.63, 3.8) is 0 Å². The van der Waals surface area contributed by atoms with Crippen LogP contribution in [0.1, 0.15) is 21.7 Å². The molecule has 1 aliphatic heterocycles. The summed E-state index contributed by atoms with van der Waals surface area (Å²) >= 11 is 1.24. The average Bonchev–Trinajstić information content (AvgIpc) is 3.51. The molecule has 31 heavy (non-hydrogen) atoms. The second kappa shape index (κ2) is 7.96. The summed E-state index contributed by atoms with van der Waals surface area (Å²) in [7, 11) is 0. The van der Waals surface area contributed by atoms with E-state index in [1.165, 1.54) is 11.8 Å². The Morgan fingerprint density at radius 1 is 1.03 bits per heavy atom. The highest BCUT2D eigenvalue weighted by atomic mass is 32.2. The summed E-state index contributed by atoms with van der Waals surface area (Å²) < 4.78 is 18.6. The van der Waals surface area contributed by atoms with Crippen molar-refractivity contribution < 1.29 is 18.7 Å². The van der Waals surface area contributed by atoms with Crippen LogP contribution in [0.25, 0.3) is 17.1 Å². The maximum atomic E-state index is 12.9. The number of rotatable bonds is 6. The van der Waals surface area contributed by atoms with Crippen LogP contribution in [0.15, 0.2) is 64.2 Å². The van der Waals surface area contributed by atoms with Gasteiger partial charge in [0.1, 0.15) is 0 Å². The molecule has 0 fully saturated rings. The summed E-state index contributed by atoms with van der Waals surface area (Å²) in [5.41, 5.74) is 4.28. The molecular formula is C23H19N3O4S. The normalized spacial score (nSPS) is 12.3. The Balaban J connectivity index is 1.33. The average molecular weight is 433 g/mol. The smallest absolute Gasteiger partial charge is 0.277 e. The first-order chi connectivity index (χ1) is 15.1. The molecule has 156 valence electrons. The fourth-order valence-electron chi connectivity index (χ4n) is 3.64. The highest BCUT2D eigenvalue weighted by molar-refractivity contribution is 7.99. The molecule has 2 aromatic carbocycles. The summed E-state index contributed by atoms with van der Waals surface area (Å²) in [6.45, 7) is 4.15. The molecule has 1 aliphatic rings. The number of benzene rings is 2. The van der Waals surface area contributed by atoms with Crippen molar-refractivity contribution in [1.29, 1.82) is 0 Å². The third kappa shape index (κ3) is 3.70. The van der Waals surface area contributed by atoms with Crippen molar-refractivity contribution >= 4 is 17.5 Å². The maximum absolute atomic E-state index is 12.9. The van der Waals surface area contributed by atoms with Gasteiger partial charge in [0, 0.05) is 34.3 Å². The summed E-state index contributed by atoms with van der Waals surface area (Å²) in [6, 6.07) is 17.2. The van der Waals surface area contributed by atoms with Gasteiger partial charge in [-0.15, -0.1) is 10.2 Å². The molecule has 3 heterocycles. The van der Waals surface area contributed by atoms with Crippen LogP contribution >= 0.6 is 11.8 Å². The molecule has 2 aromatic heterocycles. The lowest BCUT2D eigenvalue weighted by molar-refractivity contribution is 0.102. The van der Waals surface area contributed by atoms with Crippen LogP contribution in [0.4, 0.5) is 0 Å². The van der Waals surface area contributed by atoms with Gasteiger partial charge in [-0.05, 0) is 44.2 Å². The van der Waals surface area contributed by atoms with Crippen molar-refractivity contribution in [2.24, 2.45) is 0 Å². The third-order valence-corrected chi connectivity index (χ3v) is 5.92. The van der Waals surface area contributed by atoms with E-state index in [0.717, 1.165) is 28.4 Å². The first-order valence-corrected chi connectivity index (χ1v) is 10.7. The van der Waals surface area contributed by atoms with Gasteiger partial charge >= 0.3 is 0 Å². The largest absolute Gasteiger partial charge is 0.454 e. The number of nitrogens with zero attached hydrogens (tertiary/aromatic N) is 3. The summed E-state index contributed by atoms with van der Waals surface area (Å²) in [5, 5.41) is 8.49. The van der Waals surface area contributed by atoms with Gasteiger partial charge in [-0.1, -0.05) is 30.0 Å². The van der Waals surface area contributed by atoms with E-state index in [9.17, 15) is 4.79 Å². The topological polar surface area (TPSA) is 79.4 Å². The van der Waals surface area contributed by atoms with Crippen molar-refractivity contribution in [1.82, 2.24) is 14.8 Å². The summed E-state index contributed by atoms with van der Waals surface area (Å²) in [4.78, 5) is 12.9. The monoisotopic (exact) mass is 433 g/mol. The number of thioether (sulfide) groups is 1. The van der Waals surface area contributed by atoms with Crippen LogP contribution in [-0.4, -0.2) is 33.1 Å². The van der Waals surface area contributed by atoms with Gasteiger partial charge < -0.3 is 18.5 Å². The number of ketones is 1. The summed E-state index contributed by atoms with van der Waals surface area (Å²) in [5.74, 6) is 2.09. The van der Waals surface area contributed by atoms with Crippen LogP contribution in [0.3, 0.4) is 0 Å². The van der Waals surface area contributed by atoms with Gasteiger partial charge in [0.25, 0.3) is 5.22 Å². The minimum absolute atomic E-state index is 0.00422. The van der Waals surface area contributed by atoms with Gasteiger partial charge in [-0.25, -0.2) is 0 Å². The second-order valence-electron chi connectivity index (χ2n) is 7.11. The Morgan fingerprint density at radius 3 is 2.68 bits per heavy atom. The second-order valence-corrected chi connectivity index (χ2v) is 8.04. The van der Waals surface area contributed by atoms with E-state index in [0.29, 0.717) is 22.4 Å². The molecule has 8 heteroatoms. The molecule has 0 atom stereocenters. The fraction of sp³-hybridized carbons (Fsp3) is 0.174. The number of carbonyl (C=O) groups excluding carboxylic acids is 1. The van der Waals surface area contributed by atoms with E-state index in [2.05, 4.69) is 10.2 Å². The number of aromatic nitrogens is 3. The lowest BCUT2D eigenvalue weighted by atomic mass is 10.2. The van der Waals surface area contributed by atoms with Crippen LogP contribution in [0.2, 0.25) is 0 Å². The highest BCUT2D eigenvalue weighted by Gasteiger charge is 2.20. The van der Waals surface area contributed by atoms with Gasteiger partial charge in [0.2, 0.25) is 12.7 Å². The minimum atomic E-state index is 0.00422. The Bertz CT molecular complexity index is 1260. The molecule has 0 unspecified atom stereocenters. The number of aryl methyl sites for hydroxylation is 1. The number of hydrogen-bond acceptors (Lipinski definition) is 7. The molecule has 4 aromatic rings. The van der Waals surface area contributed by atoms with E-state index in [1.807, 2.05) is 73.0 Å². The van der Waals surface area contributed by atoms with Crippen LogP contribution < -0.4 is 9.47 Å². The van der Waals surface area contributed by atoms with Gasteiger partial charge in [0.05, 0.1) is 5.75 Å². The molecule has 0 bridgehead atoms. The predicted octanol–water partition coefficient (Wildman–Crippen LogP) is 4.85. The Hall–Kier alpha value is -3.52. The minimum Gasteiger partial charge on any atom is -0.454 e. The first kappa shape index (κ1) is 19.4. The zero-order valence-electron chi connectivity index (χ0n) is 17.0. The van der Waals surface area contributed by atoms with E-state index >= 15 is 0 Å². The van der Waals surface area contributed by atoms with Gasteiger partial charge in [-0.2, -0.15) is 0 Å². The molecule has 0 saturated heterocycles. The summed E-state index contributed by atoms with van der Waals surface area (Å²) in [6.07, 6.45) is 0. The molecule has 0 radical (unpaired) electrons. The van der Waals surface area contributed by atoms with Crippen molar-refractivity contribution in [2.75, 3.05) is 12.5 Å². The number of Topliss-reactive ketones (excluding diaryl/α,β-unsaturated/α-hetero) is 1. The SMILES string of the molecule is Cc1cc(C(=O)CSc2nnc(-c3ccccc3)o2)c(C)n1-c1ccc2c(c1)OCO2. The number of carbonyl (C=O) groups is 1. The number of ether oxygens (including phenoxy) is 2. The van der Waals surface area contributed by atoms with Crippen molar-refractivity contribution in [3.8, 4) is 28.6 Å². The van der Waals surface area contributed by atoms with E-state index < -0.39 is 0 Å². The fourth-order valence-corrected chi connectivity index (χ4v) is 4.28. The van der Waals surface area contributed by atoms with Crippen molar-refractivity contribution in [3.05, 3.63) is 71.5 Å². The number of fused-ring (bicyclic) bond motifs is 1. The first-order valence-electron chi connectivity index (χ1n) is 9.74. The Labute approximate surface area is 183 Å². The Kier molecular flexibility index (Phi) is 4.99. The standard InChI is InChI=1S/C23H19N3O4S/c1-14-10-18(15(2)26(14)17-8-9-20-21(11-17)29-13-28-20)19(27)12-31-23-25-24-22(30-23)16-6-4-3-5-7-16/h3-11H,12-13H2,1-2H3. The van der Waals surface area contributed by atoms with Crippen molar-refractivity contribution in [2.45, 2.75) is 19.1 Å². The third-order valence-electron chi connectivity index (χ3n) is 5.10.